The lowest BCUT2D eigenvalue weighted by Crippen LogP contribution is -2.14. The predicted octanol–water partition coefficient (Wildman–Crippen LogP) is 14.8. The Morgan fingerprint density at radius 1 is 0.390 bits per heavy atom. The molecule has 0 radical (unpaired) electrons. The summed E-state index contributed by atoms with van der Waals surface area (Å²) in [6, 6.07) is 62.5. The molecule has 0 fully saturated rings. The summed E-state index contributed by atoms with van der Waals surface area (Å²) in [6.07, 6.45) is 0. The Labute approximate surface area is 345 Å². The fourth-order valence-corrected chi connectivity index (χ4v) is 10.3. The van der Waals surface area contributed by atoms with Gasteiger partial charge in [0.1, 0.15) is 11.2 Å². The molecule has 1 aliphatic carbocycles. The lowest BCUT2D eigenvalue weighted by atomic mass is 9.81. The zero-order valence-electron chi connectivity index (χ0n) is 32.4. The Morgan fingerprint density at radius 2 is 1.00 bits per heavy atom. The molecule has 3 aromatic heterocycles. The van der Waals surface area contributed by atoms with Gasteiger partial charge in [-0.05, 0) is 99.1 Å². The van der Waals surface area contributed by atoms with Crippen molar-refractivity contribution in [2.45, 2.75) is 19.3 Å². The number of fused-ring (bicyclic) bond motifs is 9. The lowest BCUT2D eigenvalue weighted by molar-refractivity contribution is 0.660. The maximum atomic E-state index is 6.56. The zero-order valence-corrected chi connectivity index (χ0v) is 33.2. The van der Waals surface area contributed by atoms with E-state index < -0.39 is 0 Å². The van der Waals surface area contributed by atoms with E-state index in [-0.39, 0.29) is 5.41 Å². The van der Waals surface area contributed by atoms with Gasteiger partial charge in [0.25, 0.3) is 0 Å². The number of furan rings is 1. The summed E-state index contributed by atoms with van der Waals surface area (Å²) in [5.74, 6) is 1.84. The summed E-state index contributed by atoms with van der Waals surface area (Å²) in [5, 5.41) is 4.45. The van der Waals surface area contributed by atoms with Gasteiger partial charge in [-0.15, -0.1) is 11.3 Å². The van der Waals surface area contributed by atoms with Crippen LogP contribution in [0, 0.1) is 0 Å². The molecule has 3 heterocycles. The van der Waals surface area contributed by atoms with Crippen LogP contribution in [-0.4, -0.2) is 15.0 Å². The Balaban J connectivity index is 1.04. The van der Waals surface area contributed by atoms with Crippen LogP contribution < -0.4 is 0 Å². The molecule has 0 saturated carbocycles. The van der Waals surface area contributed by atoms with Gasteiger partial charge in [-0.25, -0.2) is 15.0 Å². The van der Waals surface area contributed by atoms with E-state index in [1.807, 2.05) is 29.5 Å². The van der Waals surface area contributed by atoms with Crippen LogP contribution in [0.1, 0.15) is 25.0 Å². The summed E-state index contributed by atoms with van der Waals surface area (Å²) < 4.78 is 9.06. The smallest absolute Gasteiger partial charge is 0.164 e. The molecule has 0 saturated heterocycles. The molecule has 8 aromatic carbocycles. The van der Waals surface area contributed by atoms with Crippen LogP contribution in [0.4, 0.5) is 0 Å². The van der Waals surface area contributed by atoms with Gasteiger partial charge in [0.2, 0.25) is 0 Å². The summed E-state index contributed by atoms with van der Waals surface area (Å²) in [4.78, 5) is 15.8. The molecule has 0 aliphatic heterocycles. The SMILES string of the molecule is CC1(C)c2ccccc2-c2ccc(-c3ccc4oc5cccc(-c6nc(-c7cccc(-c8ccccc8)c7)nc(-c7ccc8sc9ccccc9c8c7)n6)c5c4c3)cc21. The normalized spacial score (nSPS) is 13.1. The van der Waals surface area contributed by atoms with Crippen molar-refractivity contribution in [3.8, 4) is 67.5 Å². The van der Waals surface area contributed by atoms with Crippen molar-refractivity contribution in [2.24, 2.45) is 0 Å². The van der Waals surface area contributed by atoms with Crippen molar-refractivity contribution < 1.29 is 4.42 Å². The second-order valence-corrected chi connectivity index (χ2v) is 17.1. The van der Waals surface area contributed by atoms with Crippen LogP contribution in [0.5, 0.6) is 0 Å². The molecule has 0 unspecified atom stereocenters. The van der Waals surface area contributed by atoms with Gasteiger partial charge in [0.15, 0.2) is 17.5 Å². The molecular formula is C54H35N3OS. The first-order valence-corrected chi connectivity index (χ1v) is 20.8. The molecule has 1 aliphatic rings. The van der Waals surface area contributed by atoms with E-state index in [2.05, 4.69) is 172 Å². The minimum atomic E-state index is -0.0860. The third-order valence-corrected chi connectivity index (χ3v) is 13.3. The van der Waals surface area contributed by atoms with Crippen molar-refractivity contribution in [1.29, 1.82) is 0 Å². The summed E-state index contributed by atoms with van der Waals surface area (Å²) in [6.45, 7) is 4.66. The quantitative estimate of drug-likeness (QED) is 0.175. The van der Waals surface area contributed by atoms with E-state index in [1.54, 1.807) is 0 Å². The van der Waals surface area contributed by atoms with Crippen molar-refractivity contribution in [3.63, 3.8) is 0 Å². The van der Waals surface area contributed by atoms with Crippen LogP contribution in [0.15, 0.2) is 180 Å². The molecule has 5 heteroatoms. The first-order chi connectivity index (χ1) is 29.0. The van der Waals surface area contributed by atoms with Crippen molar-refractivity contribution in [1.82, 2.24) is 15.0 Å². The van der Waals surface area contributed by atoms with E-state index in [0.29, 0.717) is 17.5 Å². The number of rotatable bonds is 5. The van der Waals surface area contributed by atoms with Crippen LogP contribution in [0.3, 0.4) is 0 Å². The molecular weight excluding hydrogens is 739 g/mol. The highest BCUT2D eigenvalue weighted by Gasteiger charge is 2.35. The molecule has 12 rings (SSSR count). The Hall–Kier alpha value is -7.21. The van der Waals surface area contributed by atoms with Gasteiger partial charge in [-0.1, -0.05) is 135 Å². The molecule has 11 aromatic rings. The molecule has 0 atom stereocenters. The van der Waals surface area contributed by atoms with E-state index >= 15 is 0 Å². The molecule has 59 heavy (non-hydrogen) atoms. The average molecular weight is 774 g/mol. The number of hydrogen-bond donors (Lipinski definition) is 0. The van der Waals surface area contributed by atoms with Gasteiger partial charge in [-0.3, -0.25) is 0 Å². The van der Waals surface area contributed by atoms with Gasteiger partial charge < -0.3 is 4.42 Å². The summed E-state index contributed by atoms with van der Waals surface area (Å²) in [5.41, 5.74) is 14.2. The fourth-order valence-electron chi connectivity index (χ4n) is 9.16. The highest BCUT2D eigenvalue weighted by Crippen LogP contribution is 2.50. The van der Waals surface area contributed by atoms with Crippen LogP contribution in [-0.2, 0) is 5.41 Å². The molecule has 0 spiro atoms. The molecule has 0 N–H and O–H groups in total. The van der Waals surface area contributed by atoms with Gasteiger partial charge in [-0.2, -0.15) is 0 Å². The minimum Gasteiger partial charge on any atom is -0.456 e. The van der Waals surface area contributed by atoms with Crippen LogP contribution >= 0.6 is 11.3 Å². The van der Waals surface area contributed by atoms with Crippen molar-refractivity contribution in [3.05, 3.63) is 187 Å². The van der Waals surface area contributed by atoms with E-state index in [0.717, 1.165) is 55.3 Å². The summed E-state index contributed by atoms with van der Waals surface area (Å²) in [7, 11) is 0. The van der Waals surface area contributed by atoms with Crippen molar-refractivity contribution in [2.75, 3.05) is 0 Å². The third-order valence-electron chi connectivity index (χ3n) is 12.2. The van der Waals surface area contributed by atoms with Crippen LogP contribution in [0.2, 0.25) is 0 Å². The molecule has 4 nitrogen and oxygen atoms in total. The molecule has 0 bridgehead atoms. The first-order valence-electron chi connectivity index (χ1n) is 20.0. The maximum Gasteiger partial charge on any atom is 0.164 e. The standard InChI is InChI=1S/C54H35N3OS/c1-54(2)44-19-8-6-16-38(44)39-25-22-35(31-45(39)54)34-23-26-46-43(29-34)50-41(18-11-20-47(50)58-46)53-56-51(36-15-10-14-33(28-36)32-12-4-3-5-13-32)55-52(57-53)37-24-27-49-42(30-37)40-17-7-9-21-48(40)59-49/h3-31H,1-2H3. The van der Waals surface area contributed by atoms with Gasteiger partial charge in [0.05, 0.1) is 0 Å². The predicted molar refractivity (Wildman–Crippen MR) is 245 cm³/mol. The van der Waals surface area contributed by atoms with Gasteiger partial charge in [0, 0.05) is 53.1 Å². The second kappa shape index (κ2) is 12.9. The number of thiophene rings is 1. The van der Waals surface area contributed by atoms with E-state index in [9.17, 15) is 0 Å². The molecule has 278 valence electrons. The van der Waals surface area contributed by atoms with Crippen molar-refractivity contribution >= 4 is 53.4 Å². The number of aromatic nitrogens is 3. The van der Waals surface area contributed by atoms with E-state index in [1.165, 1.54) is 48.0 Å². The second-order valence-electron chi connectivity index (χ2n) is 16.0. The third kappa shape index (κ3) is 5.39. The fraction of sp³-hybridized carbons (Fsp3) is 0.0556. The zero-order chi connectivity index (χ0) is 39.2. The number of nitrogens with zero attached hydrogens (tertiary/aromatic N) is 3. The highest BCUT2D eigenvalue weighted by molar-refractivity contribution is 7.25. The largest absolute Gasteiger partial charge is 0.456 e. The summed E-state index contributed by atoms with van der Waals surface area (Å²) >= 11 is 1.81. The monoisotopic (exact) mass is 773 g/mol. The average Bonchev–Trinajstić information content (AvgIpc) is 3.93. The highest BCUT2D eigenvalue weighted by atomic mass is 32.1. The molecule has 0 amide bonds. The Bertz CT molecular complexity index is 3490. The first kappa shape index (κ1) is 33.9. The number of benzene rings is 8. The van der Waals surface area contributed by atoms with Gasteiger partial charge >= 0.3 is 0 Å². The topological polar surface area (TPSA) is 51.8 Å². The maximum absolute atomic E-state index is 6.56. The van der Waals surface area contributed by atoms with E-state index in [4.69, 9.17) is 19.4 Å². The minimum absolute atomic E-state index is 0.0860. The lowest BCUT2D eigenvalue weighted by Gasteiger charge is -2.22. The Morgan fingerprint density at radius 3 is 1.90 bits per heavy atom. The number of hydrogen-bond acceptors (Lipinski definition) is 5. The Kier molecular flexibility index (Phi) is 7.41. The van der Waals surface area contributed by atoms with Crippen LogP contribution in [0.25, 0.3) is 110 Å².